The van der Waals surface area contributed by atoms with Gasteiger partial charge in [0, 0.05) is 35.8 Å². The number of urea groups is 1. The number of aryl methyl sites for hydroxylation is 1. The highest BCUT2D eigenvalue weighted by Crippen LogP contribution is 2.23. The zero-order chi connectivity index (χ0) is 22.4. The minimum Gasteiger partial charge on any atom is -0.441 e. The highest BCUT2D eigenvalue weighted by molar-refractivity contribution is 6.30. The van der Waals surface area contributed by atoms with Gasteiger partial charge in [0.25, 0.3) is 0 Å². The molecule has 1 aromatic heterocycles. The lowest BCUT2D eigenvalue weighted by Crippen LogP contribution is -2.40. The van der Waals surface area contributed by atoms with Crippen molar-refractivity contribution in [2.45, 2.75) is 32.7 Å². The summed E-state index contributed by atoms with van der Waals surface area (Å²) in [5, 5.41) is 3.46. The third-order valence-corrected chi connectivity index (χ3v) is 4.65. The second kappa shape index (κ2) is 10.1. The van der Waals surface area contributed by atoms with E-state index < -0.39 is 5.97 Å². The van der Waals surface area contributed by atoms with Gasteiger partial charge < -0.3 is 14.5 Å². The number of hydrogen-bond acceptors (Lipinski definition) is 5. The summed E-state index contributed by atoms with van der Waals surface area (Å²) in [6, 6.07) is 13.8. The molecule has 0 aliphatic rings. The van der Waals surface area contributed by atoms with Crippen LogP contribution in [0.2, 0.25) is 5.02 Å². The highest BCUT2D eigenvalue weighted by Gasteiger charge is 2.13. The number of anilines is 1. The number of ether oxygens (including phenoxy) is 1. The summed E-state index contributed by atoms with van der Waals surface area (Å²) >= 11 is 5.89. The molecule has 7 nitrogen and oxygen atoms in total. The lowest BCUT2D eigenvalue weighted by atomic mass is 10.2. The van der Waals surface area contributed by atoms with Gasteiger partial charge in [-0.3, -0.25) is 9.69 Å². The van der Waals surface area contributed by atoms with Gasteiger partial charge in [0.05, 0.1) is 12.6 Å². The van der Waals surface area contributed by atoms with Crippen LogP contribution in [-0.2, 0) is 11.2 Å². The number of carbonyl (C=O) groups is 2. The zero-order valence-corrected chi connectivity index (χ0v) is 18.3. The van der Waals surface area contributed by atoms with E-state index in [2.05, 4.69) is 10.3 Å². The molecule has 162 valence electrons. The van der Waals surface area contributed by atoms with Gasteiger partial charge in [0.2, 0.25) is 0 Å². The summed E-state index contributed by atoms with van der Waals surface area (Å²) < 4.78 is 11.1. The standard InChI is InChI=1S/C23H24ClN3O4/c1-15(2)26-23(29)27(3)18-8-10-19(11-9-18)30-22(28)13-12-21-25-14-20(31-21)16-4-6-17(24)7-5-16/h4-11,14-15H,12-13H2,1-3H3,(H,26,29). The van der Waals surface area contributed by atoms with E-state index in [1.807, 2.05) is 26.0 Å². The van der Waals surface area contributed by atoms with Crippen molar-refractivity contribution in [2.24, 2.45) is 0 Å². The molecule has 1 N–H and O–H groups in total. The van der Waals surface area contributed by atoms with Crippen LogP contribution in [0.5, 0.6) is 5.75 Å². The molecule has 0 bridgehead atoms. The van der Waals surface area contributed by atoms with Crippen LogP contribution in [0.4, 0.5) is 10.5 Å². The average Bonchev–Trinajstić information content (AvgIpc) is 3.21. The Labute approximate surface area is 186 Å². The molecule has 2 aromatic carbocycles. The molecule has 31 heavy (non-hydrogen) atoms. The molecule has 3 aromatic rings. The van der Waals surface area contributed by atoms with E-state index in [4.69, 9.17) is 20.8 Å². The first-order valence-corrected chi connectivity index (χ1v) is 10.2. The normalized spacial score (nSPS) is 10.7. The summed E-state index contributed by atoms with van der Waals surface area (Å²) in [5.74, 6) is 1.07. The molecule has 0 saturated heterocycles. The van der Waals surface area contributed by atoms with Gasteiger partial charge >= 0.3 is 12.0 Å². The second-order valence-corrected chi connectivity index (χ2v) is 7.69. The Morgan fingerprint density at radius 2 is 1.81 bits per heavy atom. The van der Waals surface area contributed by atoms with Gasteiger partial charge in [0.15, 0.2) is 11.7 Å². The van der Waals surface area contributed by atoms with Crippen molar-refractivity contribution in [3.63, 3.8) is 0 Å². The van der Waals surface area contributed by atoms with E-state index in [1.165, 1.54) is 4.90 Å². The topological polar surface area (TPSA) is 84.7 Å². The maximum absolute atomic E-state index is 12.2. The van der Waals surface area contributed by atoms with E-state index in [9.17, 15) is 9.59 Å². The van der Waals surface area contributed by atoms with Gasteiger partial charge in [-0.05, 0) is 62.4 Å². The van der Waals surface area contributed by atoms with Gasteiger partial charge in [0.1, 0.15) is 5.75 Å². The quantitative estimate of drug-likeness (QED) is 0.408. The van der Waals surface area contributed by atoms with E-state index in [1.54, 1.807) is 49.6 Å². The van der Waals surface area contributed by atoms with Crippen LogP contribution in [0, 0.1) is 0 Å². The molecule has 0 atom stereocenters. The van der Waals surface area contributed by atoms with Crippen LogP contribution in [-0.4, -0.2) is 30.1 Å². The lowest BCUT2D eigenvalue weighted by molar-refractivity contribution is -0.134. The van der Waals surface area contributed by atoms with Crippen LogP contribution in [0.25, 0.3) is 11.3 Å². The largest absolute Gasteiger partial charge is 0.441 e. The van der Waals surface area contributed by atoms with Crippen LogP contribution in [0.3, 0.4) is 0 Å². The third-order valence-electron chi connectivity index (χ3n) is 4.40. The van der Waals surface area contributed by atoms with E-state index >= 15 is 0 Å². The SMILES string of the molecule is CC(C)NC(=O)N(C)c1ccc(OC(=O)CCc2ncc(-c3ccc(Cl)cc3)o2)cc1. The van der Waals surface area contributed by atoms with Crippen molar-refractivity contribution >= 4 is 29.3 Å². The van der Waals surface area contributed by atoms with Crippen LogP contribution < -0.4 is 15.0 Å². The maximum Gasteiger partial charge on any atom is 0.321 e. The maximum atomic E-state index is 12.2. The Bertz CT molecular complexity index is 1030. The molecule has 1 heterocycles. The number of halogens is 1. The molecule has 2 amide bonds. The Balaban J connectivity index is 1.51. The van der Waals surface area contributed by atoms with Crippen molar-refractivity contribution in [3.8, 4) is 17.1 Å². The lowest BCUT2D eigenvalue weighted by Gasteiger charge is -2.20. The number of nitrogens with zero attached hydrogens (tertiary/aromatic N) is 2. The van der Waals surface area contributed by atoms with Crippen LogP contribution in [0.1, 0.15) is 26.2 Å². The Morgan fingerprint density at radius 3 is 2.45 bits per heavy atom. The summed E-state index contributed by atoms with van der Waals surface area (Å²) in [6.07, 6.45) is 2.07. The fourth-order valence-electron chi connectivity index (χ4n) is 2.76. The average molecular weight is 442 g/mol. The molecule has 0 saturated carbocycles. The summed E-state index contributed by atoms with van der Waals surface area (Å²) in [4.78, 5) is 29.9. The van der Waals surface area contributed by atoms with Gasteiger partial charge in [-0.25, -0.2) is 9.78 Å². The van der Waals surface area contributed by atoms with Crippen molar-refractivity contribution in [2.75, 3.05) is 11.9 Å². The summed E-state index contributed by atoms with van der Waals surface area (Å²) in [7, 11) is 1.67. The van der Waals surface area contributed by atoms with Crippen LogP contribution >= 0.6 is 11.6 Å². The number of aromatic nitrogens is 1. The van der Waals surface area contributed by atoms with Crippen molar-refractivity contribution in [3.05, 3.63) is 65.6 Å². The Hall–Kier alpha value is -3.32. The zero-order valence-electron chi connectivity index (χ0n) is 17.6. The molecule has 0 aliphatic carbocycles. The minimum absolute atomic E-state index is 0.0427. The summed E-state index contributed by atoms with van der Waals surface area (Å²) in [6.45, 7) is 3.79. The number of carbonyl (C=O) groups excluding carboxylic acids is 2. The number of amides is 2. The van der Waals surface area contributed by atoms with E-state index in [-0.39, 0.29) is 18.5 Å². The molecule has 0 unspecified atom stereocenters. The fourth-order valence-corrected chi connectivity index (χ4v) is 2.89. The third kappa shape index (κ3) is 6.33. The number of hydrogen-bond donors (Lipinski definition) is 1. The van der Waals surface area contributed by atoms with Gasteiger partial charge in [-0.1, -0.05) is 11.6 Å². The molecule has 0 spiro atoms. The Morgan fingerprint density at radius 1 is 1.13 bits per heavy atom. The summed E-state index contributed by atoms with van der Waals surface area (Å²) in [5.41, 5.74) is 1.55. The number of esters is 1. The number of benzene rings is 2. The van der Waals surface area contributed by atoms with Crippen molar-refractivity contribution in [1.29, 1.82) is 0 Å². The molecular weight excluding hydrogens is 418 g/mol. The molecule has 0 fully saturated rings. The van der Waals surface area contributed by atoms with Crippen molar-refractivity contribution in [1.82, 2.24) is 10.3 Å². The predicted molar refractivity (Wildman–Crippen MR) is 119 cm³/mol. The van der Waals surface area contributed by atoms with Gasteiger partial charge in [-0.15, -0.1) is 0 Å². The van der Waals surface area contributed by atoms with E-state index in [0.29, 0.717) is 34.5 Å². The minimum atomic E-state index is -0.398. The van der Waals surface area contributed by atoms with Gasteiger partial charge in [-0.2, -0.15) is 0 Å². The molecule has 3 rings (SSSR count). The Kier molecular flexibility index (Phi) is 7.31. The second-order valence-electron chi connectivity index (χ2n) is 7.26. The monoisotopic (exact) mass is 441 g/mol. The highest BCUT2D eigenvalue weighted by atomic mass is 35.5. The smallest absolute Gasteiger partial charge is 0.321 e. The number of nitrogens with one attached hydrogen (secondary N) is 1. The molecule has 8 heteroatoms. The molecular formula is C23H24ClN3O4. The molecule has 0 radical (unpaired) electrons. The number of oxazole rings is 1. The van der Waals surface area contributed by atoms with Crippen LogP contribution in [0.15, 0.2) is 59.1 Å². The van der Waals surface area contributed by atoms with Crippen molar-refractivity contribution < 1.29 is 18.7 Å². The first kappa shape index (κ1) is 22.4. The fraction of sp³-hybridized carbons (Fsp3) is 0.261. The first-order valence-electron chi connectivity index (χ1n) is 9.87. The first-order chi connectivity index (χ1) is 14.8. The molecule has 0 aliphatic heterocycles. The predicted octanol–water partition coefficient (Wildman–Crippen LogP) is 5.09. The van der Waals surface area contributed by atoms with E-state index in [0.717, 1.165) is 5.56 Å². The number of rotatable bonds is 7.